The van der Waals surface area contributed by atoms with E-state index in [1.54, 1.807) is 0 Å². The Kier molecular flexibility index (Phi) is 4.18. The van der Waals surface area contributed by atoms with Crippen molar-refractivity contribution in [2.45, 2.75) is 5.44 Å². The minimum atomic E-state index is -0.583. The Morgan fingerprint density at radius 2 is 2.57 bits per heavy atom. The molecule has 7 heavy (non-hydrogen) atoms. The van der Waals surface area contributed by atoms with Gasteiger partial charge < -0.3 is 4.74 Å². The van der Waals surface area contributed by atoms with Crippen LogP contribution in [0.2, 0.25) is 0 Å². The Balaban J connectivity index is 2.98. The smallest absolute Gasteiger partial charge is 0.182 e. The average molecular weight is 118 g/mol. The van der Waals surface area contributed by atoms with Crippen LogP contribution in [-0.2, 0) is 9.84 Å². The molecule has 0 aliphatic heterocycles. The zero-order valence-electron chi connectivity index (χ0n) is 3.79. The van der Waals surface area contributed by atoms with Crippen LogP contribution in [-0.4, -0.2) is 12.2 Å². The molecule has 0 spiro atoms. The van der Waals surface area contributed by atoms with Gasteiger partial charge in [-0.2, -0.15) is 0 Å². The summed E-state index contributed by atoms with van der Waals surface area (Å²) in [5.74, 6) is 0. The largest absolute Gasteiger partial charge is 0.333 e. The first-order valence-corrected chi connectivity index (χ1v) is 2.26. The lowest BCUT2D eigenvalue weighted by Gasteiger charge is -1.97. The summed E-state index contributed by atoms with van der Waals surface area (Å²) in [6, 6.07) is 0. The van der Waals surface area contributed by atoms with Crippen molar-refractivity contribution in [3.05, 3.63) is 12.7 Å². The number of hydrogen-bond acceptors (Lipinski definition) is 1. The lowest BCUT2D eigenvalue weighted by molar-refractivity contribution is -0.0419. The van der Waals surface area contributed by atoms with Crippen LogP contribution in [0.1, 0.15) is 0 Å². The fourth-order valence-corrected chi connectivity index (χ4v) is 0.191. The van der Waals surface area contributed by atoms with Crippen molar-refractivity contribution in [2.75, 3.05) is 6.79 Å². The van der Waals surface area contributed by atoms with E-state index in [0.29, 0.717) is 0 Å². The molecule has 2 radical (unpaired) electrons. The predicted octanol–water partition coefficient (Wildman–Crippen LogP) is 1.10. The molecular formula is C4H6O2S. The monoisotopic (exact) mass is 118 g/mol. The summed E-state index contributed by atoms with van der Waals surface area (Å²) in [6.45, 7) is 2.73. The highest BCUT2D eigenvalue weighted by Gasteiger charge is 1.92. The molecule has 0 bridgehead atoms. The SMILES string of the molecule is C=CC([S])OC[O]. The van der Waals surface area contributed by atoms with E-state index in [9.17, 15) is 5.11 Å². The van der Waals surface area contributed by atoms with Crippen LogP contribution in [0.4, 0.5) is 0 Å². The zero-order valence-corrected chi connectivity index (χ0v) is 4.61. The number of hydrogen-bond donors (Lipinski definition) is 0. The first-order chi connectivity index (χ1) is 3.31. The molecule has 0 saturated carbocycles. The fraction of sp³-hybridized carbons (Fsp3) is 0.500. The van der Waals surface area contributed by atoms with Crippen LogP contribution in [0.15, 0.2) is 12.7 Å². The van der Waals surface area contributed by atoms with Gasteiger partial charge in [-0.15, -0.1) is 0 Å². The molecule has 0 aromatic carbocycles. The van der Waals surface area contributed by atoms with E-state index in [1.165, 1.54) is 6.08 Å². The predicted molar refractivity (Wildman–Crippen MR) is 28.2 cm³/mol. The van der Waals surface area contributed by atoms with Gasteiger partial charge >= 0.3 is 0 Å². The normalized spacial score (nSPS) is 13.4. The summed E-state index contributed by atoms with van der Waals surface area (Å²) < 4.78 is 4.33. The van der Waals surface area contributed by atoms with Gasteiger partial charge in [0.1, 0.15) is 5.44 Å². The van der Waals surface area contributed by atoms with E-state index in [0.717, 1.165) is 0 Å². The Labute approximate surface area is 48.2 Å². The molecule has 0 aliphatic carbocycles. The van der Waals surface area contributed by atoms with Crippen molar-refractivity contribution in [3.8, 4) is 0 Å². The summed E-state index contributed by atoms with van der Waals surface area (Å²) in [4.78, 5) is 0. The molecule has 2 nitrogen and oxygen atoms in total. The van der Waals surface area contributed by atoms with Crippen molar-refractivity contribution in [1.82, 2.24) is 0 Å². The minimum absolute atomic E-state index is 0.516. The third kappa shape index (κ3) is 3.85. The van der Waals surface area contributed by atoms with E-state index >= 15 is 0 Å². The molecule has 0 fully saturated rings. The Morgan fingerprint density at radius 3 is 2.71 bits per heavy atom. The number of ether oxygens (including phenoxy) is 1. The van der Waals surface area contributed by atoms with Gasteiger partial charge in [0.05, 0.1) is 0 Å². The maximum Gasteiger partial charge on any atom is 0.182 e. The van der Waals surface area contributed by atoms with Gasteiger partial charge in [0.2, 0.25) is 0 Å². The van der Waals surface area contributed by atoms with Crippen molar-refractivity contribution >= 4 is 12.6 Å². The molecule has 0 aromatic rings. The topological polar surface area (TPSA) is 29.1 Å². The molecule has 0 rings (SSSR count). The highest BCUT2D eigenvalue weighted by atomic mass is 32.1. The molecule has 0 amide bonds. The van der Waals surface area contributed by atoms with Gasteiger partial charge in [0.25, 0.3) is 0 Å². The summed E-state index contributed by atoms with van der Waals surface area (Å²) in [7, 11) is 0. The molecule has 0 aromatic heterocycles. The zero-order chi connectivity index (χ0) is 5.70. The molecule has 40 valence electrons. The van der Waals surface area contributed by atoms with Crippen LogP contribution in [0.5, 0.6) is 0 Å². The standard InChI is InChI=1S/C4H6O2S/c1-2-4(7)6-3-5/h2,4H,1,3H2. The highest BCUT2D eigenvalue weighted by molar-refractivity contribution is 7.80. The molecule has 1 atom stereocenters. The van der Waals surface area contributed by atoms with E-state index < -0.39 is 12.2 Å². The maximum atomic E-state index is 9.56. The quantitative estimate of drug-likeness (QED) is 0.403. The van der Waals surface area contributed by atoms with Gasteiger partial charge in [-0.05, 0) is 0 Å². The molecule has 0 saturated heterocycles. The van der Waals surface area contributed by atoms with Gasteiger partial charge in [-0.3, -0.25) is 0 Å². The molecular weight excluding hydrogens is 112 g/mol. The van der Waals surface area contributed by atoms with Crippen LogP contribution >= 0.6 is 12.6 Å². The maximum absolute atomic E-state index is 9.56. The van der Waals surface area contributed by atoms with Crippen LogP contribution < -0.4 is 0 Å². The molecule has 0 aliphatic rings. The molecule has 0 heterocycles. The third-order valence-corrected chi connectivity index (χ3v) is 0.753. The third-order valence-electron chi connectivity index (χ3n) is 0.425. The first-order valence-electron chi connectivity index (χ1n) is 1.79. The Morgan fingerprint density at radius 1 is 2.00 bits per heavy atom. The molecule has 1 unspecified atom stereocenters. The minimum Gasteiger partial charge on any atom is -0.333 e. The average Bonchev–Trinajstić information content (AvgIpc) is 1.68. The van der Waals surface area contributed by atoms with Crippen LogP contribution in [0.25, 0.3) is 0 Å². The number of rotatable bonds is 3. The first kappa shape index (κ1) is 7.01. The van der Waals surface area contributed by atoms with E-state index in [1.807, 2.05) is 0 Å². The summed E-state index contributed by atoms with van der Waals surface area (Å²) >= 11 is 4.50. The summed E-state index contributed by atoms with van der Waals surface area (Å²) in [5, 5.41) is 9.56. The van der Waals surface area contributed by atoms with Gasteiger partial charge in [-0.1, -0.05) is 25.3 Å². The van der Waals surface area contributed by atoms with Crippen molar-refractivity contribution in [1.29, 1.82) is 0 Å². The Hall–Kier alpha value is 0.01000. The van der Waals surface area contributed by atoms with Crippen molar-refractivity contribution in [2.24, 2.45) is 0 Å². The lowest BCUT2D eigenvalue weighted by Crippen LogP contribution is -1.99. The lowest BCUT2D eigenvalue weighted by atomic mass is 10.7. The van der Waals surface area contributed by atoms with Gasteiger partial charge in [0, 0.05) is 0 Å². The van der Waals surface area contributed by atoms with E-state index in [2.05, 4.69) is 23.9 Å². The summed E-state index contributed by atoms with van der Waals surface area (Å²) in [6.07, 6.45) is 1.40. The second-order valence-electron chi connectivity index (χ2n) is 0.889. The second kappa shape index (κ2) is 4.18. The van der Waals surface area contributed by atoms with Crippen LogP contribution in [0.3, 0.4) is 0 Å². The van der Waals surface area contributed by atoms with E-state index in [-0.39, 0.29) is 0 Å². The molecule has 3 heteroatoms. The highest BCUT2D eigenvalue weighted by Crippen LogP contribution is 1.94. The van der Waals surface area contributed by atoms with Gasteiger partial charge in [-0.25, -0.2) is 5.11 Å². The summed E-state index contributed by atoms with van der Waals surface area (Å²) in [5.41, 5.74) is -0.516. The van der Waals surface area contributed by atoms with Gasteiger partial charge in [0.15, 0.2) is 6.79 Å². The van der Waals surface area contributed by atoms with Crippen molar-refractivity contribution < 1.29 is 9.84 Å². The van der Waals surface area contributed by atoms with Crippen LogP contribution in [0, 0.1) is 0 Å². The van der Waals surface area contributed by atoms with Crippen molar-refractivity contribution in [3.63, 3.8) is 0 Å². The Bertz CT molecular complexity index is 55.7. The second-order valence-corrected chi connectivity index (χ2v) is 1.35. The van der Waals surface area contributed by atoms with E-state index in [4.69, 9.17) is 0 Å². The fourth-order valence-electron chi connectivity index (χ4n) is 0.135. The molecule has 0 N–H and O–H groups in total.